The number of primary amides is 1. The van der Waals surface area contributed by atoms with Crippen molar-refractivity contribution in [3.8, 4) is 0 Å². The summed E-state index contributed by atoms with van der Waals surface area (Å²) in [6.45, 7) is 3.22. The number of fused-ring (bicyclic) bond motifs is 1. The first-order valence-electron chi connectivity index (χ1n) is 8.48. The number of aryl methyl sites for hydroxylation is 1. The van der Waals surface area contributed by atoms with E-state index in [1.54, 1.807) is 25.1 Å². The minimum Gasteiger partial charge on any atom is -0.462 e. The van der Waals surface area contributed by atoms with Crippen LogP contribution in [-0.4, -0.2) is 40.1 Å². The summed E-state index contributed by atoms with van der Waals surface area (Å²) >= 11 is 7.09. The smallest absolute Gasteiger partial charge is 0.342 e. The van der Waals surface area contributed by atoms with Gasteiger partial charge in [-0.1, -0.05) is 23.4 Å². The maximum Gasteiger partial charge on any atom is 0.342 e. The van der Waals surface area contributed by atoms with Gasteiger partial charge in [-0.25, -0.2) is 9.78 Å². The van der Waals surface area contributed by atoms with Crippen molar-refractivity contribution in [3.63, 3.8) is 0 Å². The summed E-state index contributed by atoms with van der Waals surface area (Å²) in [7, 11) is 0. The molecule has 2 heterocycles. The molecule has 0 saturated carbocycles. The molecule has 0 spiro atoms. The van der Waals surface area contributed by atoms with Crippen LogP contribution >= 0.6 is 23.4 Å². The van der Waals surface area contributed by atoms with Crippen LogP contribution in [0.1, 0.15) is 33.4 Å². The molecule has 0 unspecified atom stereocenters. The lowest BCUT2D eigenvalue weighted by molar-refractivity contribution is -0.113. The van der Waals surface area contributed by atoms with Crippen LogP contribution in [0.5, 0.6) is 0 Å². The number of thioether (sulfide) groups is 1. The van der Waals surface area contributed by atoms with E-state index in [0.29, 0.717) is 15.7 Å². The van der Waals surface area contributed by atoms with Crippen LogP contribution in [0.15, 0.2) is 27.8 Å². The summed E-state index contributed by atoms with van der Waals surface area (Å²) in [5.74, 6) is -2.24. The van der Waals surface area contributed by atoms with Crippen molar-refractivity contribution in [1.29, 1.82) is 0 Å². The fraction of sp³-hybridized carbons (Fsp3) is 0.222. The fourth-order valence-electron chi connectivity index (χ4n) is 2.64. The van der Waals surface area contributed by atoms with Crippen LogP contribution in [0.2, 0.25) is 5.02 Å². The van der Waals surface area contributed by atoms with E-state index >= 15 is 0 Å². The lowest BCUT2D eigenvalue weighted by Crippen LogP contribution is -2.21. The van der Waals surface area contributed by atoms with Crippen molar-refractivity contribution in [2.24, 2.45) is 5.73 Å². The number of esters is 1. The molecular formula is C18H17ClN4O5S. The highest BCUT2D eigenvalue weighted by molar-refractivity contribution is 7.99. The van der Waals surface area contributed by atoms with Crippen molar-refractivity contribution in [2.45, 2.75) is 19.0 Å². The van der Waals surface area contributed by atoms with E-state index in [0.717, 1.165) is 17.3 Å². The summed E-state index contributed by atoms with van der Waals surface area (Å²) in [4.78, 5) is 43.6. The van der Waals surface area contributed by atoms with E-state index in [4.69, 9.17) is 26.5 Å². The van der Waals surface area contributed by atoms with E-state index in [1.165, 1.54) is 6.92 Å². The molecule has 0 radical (unpaired) electrons. The Morgan fingerprint density at radius 3 is 2.79 bits per heavy atom. The highest BCUT2D eigenvalue weighted by atomic mass is 35.5. The minimum atomic E-state index is -0.915. The number of H-pyrrole nitrogens is 1. The number of rotatable bonds is 7. The van der Waals surface area contributed by atoms with Gasteiger partial charge in [0.15, 0.2) is 5.16 Å². The third-order valence-corrected chi connectivity index (χ3v) is 4.93. The summed E-state index contributed by atoms with van der Waals surface area (Å²) < 4.78 is 10.3. The third-order valence-electron chi connectivity index (χ3n) is 3.83. The SMILES string of the molecule is CCOC(=O)c1c(C)oc(NC(=O)CSc2nc3ccc(Cl)cc3[nH]2)c1C(N)=O. The van der Waals surface area contributed by atoms with E-state index in [9.17, 15) is 14.4 Å². The maximum absolute atomic E-state index is 12.3. The average Bonchev–Trinajstić information content (AvgIpc) is 3.19. The van der Waals surface area contributed by atoms with Crippen molar-refractivity contribution in [2.75, 3.05) is 17.7 Å². The molecule has 0 aliphatic rings. The Hall–Kier alpha value is -2.98. The molecule has 3 aromatic rings. The van der Waals surface area contributed by atoms with Gasteiger partial charge in [0, 0.05) is 5.02 Å². The highest BCUT2D eigenvalue weighted by Crippen LogP contribution is 2.28. The van der Waals surface area contributed by atoms with Crippen molar-refractivity contribution in [1.82, 2.24) is 9.97 Å². The normalized spacial score (nSPS) is 10.9. The Kier molecular flexibility index (Phi) is 6.14. The second-order valence-corrected chi connectivity index (χ2v) is 7.26. The topological polar surface area (TPSA) is 140 Å². The van der Waals surface area contributed by atoms with Gasteiger partial charge in [0.2, 0.25) is 11.8 Å². The van der Waals surface area contributed by atoms with E-state index < -0.39 is 17.8 Å². The largest absolute Gasteiger partial charge is 0.462 e. The Morgan fingerprint density at radius 2 is 2.10 bits per heavy atom. The molecule has 152 valence electrons. The summed E-state index contributed by atoms with van der Waals surface area (Å²) in [5.41, 5.74) is 6.51. The molecule has 2 amide bonds. The zero-order chi connectivity index (χ0) is 21.1. The number of carbonyl (C=O) groups is 3. The molecule has 0 bridgehead atoms. The third kappa shape index (κ3) is 4.54. The zero-order valence-electron chi connectivity index (χ0n) is 15.5. The molecule has 2 aromatic heterocycles. The number of halogens is 1. The van der Waals surface area contributed by atoms with Crippen molar-refractivity contribution in [3.05, 3.63) is 40.1 Å². The maximum atomic E-state index is 12.3. The highest BCUT2D eigenvalue weighted by Gasteiger charge is 2.29. The average molecular weight is 437 g/mol. The van der Waals surface area contributed by atoms with Gasteiger partial charge in [-0.05, 0) is 32.0 Å². The van der Waals surface area contributed by atoms with Gasteiger partial charge in [0.1, 0.15) is 16.9 Å². The number of ether oxygens (including phenoxy) is 1. The number of hydrogen-bond acceptors (Lipinski definition) is 7. The first-order valence-corrected chi connectivity index (χ1v) is 9.84. The zero-order valence-corrected chi connectivity index (χ0v) is 17.1. The van der Waals surface area contributed by atoms with Gasteiger partial charge in [0.25, 0.3) is 5.91 Å². The van der Waals surface area contributed by atoms with E-state index in [-0.39, 0.29) is 35.1 Å². The number of benzene rings is 1. The van der Waals surface area contributed by atoms with E-state index in [1.807, 2.05) is 0 Å². The lowest BCUT2D eigenvalue weighted by atomic mass is 10.1. The first kappa shape index (κ1) is 20.7. The van der Waals surface area contributed by atoms with Gasteiger partial charge < -0.3 is 19.9 Å². The van der Waals surface area contributed by atoms with E-state index in [2.05, 4.69) is 15.3 Å². The van der Waals surface area contributed by atoms with Crippen LogP contribution in [0, 0.1) is 6.92 Å². The number of aromatic nitrogens is 2. The minimum absolute atomic E-state index is 0.0275. The predicted octanol–water partition coefficient (Wildman–Crippen LogP) is 3.12. The number of nitrogens with zero attached hydrogens (tertiary/aromatic N) is 1. The van der Waals surface area contributed by atoms with Crippen LogP contribution in [0.25, 0.3) is 11.0 Å². The fourth-order valence-corrected chi connectivity index (χ4v) is 3.50. The molecule has 4 N–H and O–H groups in total. The molecule has 11 heteroatoms. The number of carbonyl (C=O) groups excluding carboxylic acids is 3. The van der Waals surface area contributed by atoms with Crippen LogP contribution in [0.4, 0.5) is 5.88 Å². The number of anilines is 1. The molecule has 3 rings (SSSR count). The Morgan fingerprint density at radius 1 is 1.34 bits per heavy atom. The lowest BCUT2D eigenvalue weighted by Gasteiger charge is -2.04. The van der Waals surface area contributed by atoms with Crippen molar-refractivity contribution >= 4 is 58.1 Å². The Bertz CT molecular complexity index is 1110. The van der Waals surface area contributed by atoms with Crippen LogP contribution < -0.4 is 11.1 Å². The Balaban J connectivity index is 1.73. The number of nitrogens with two attached hydrogens (primary N) is 1. The molecule has 9 nitrogen and oxygen atoms in total. The Labute approximate surface area is 174 Å². The molecular weight excluding hydrogens is 420 g/mol. The summed E-state index contributed by atoms with van der Waals surface area (Å²) in [6.07, 6.45) is 0. The van der Waals surface area contributed by atoms with Gasteiger partial charge in [-0.3, -0.25) is 14.9 Å². The van der Waals surface area contributed by atoms with Crippen LogP contribution in [-0.2, 0) is 9.53 Å². The van der Waals surface area contributed by atoms with Crippen molar-refractivity contribution < 1.29 is 23.5 Å². The monoisotopic (exact) mass is 436 g/mol. The number of furan rings is 1. The van der Waals surface area contributed by atoms with Gasteiger partial charge in [0.05, 0.1) is 23.4 Å². The van der Waals surface area contributed by atoms with Gasteiger partial charge in [-0.2, -0.15) is 0 Å². The number of nitrogens with one attached hydrogen (secondary N) is 2. The molecule has 0 aliphatic carbocycles. The number of amides is 2. The molecule has 1 aromatic carbocycles. The predicted molar refractivity (Wildman–Crippen MR) is 108 cm³/mol. The second kappa shape index (κ2) is 8.58. The number of aromatic amines is 1. The molecule has 0 saturated heterocycles. The molecule has 0 aliphatic heterocycles. The number of imidazole rings is 1. The first-order chi connectivity index (χ1) is 13.8. The second-order valence-electron chi connectivity index (χ2n) is 5.86. The standard InChI is InChI=1S/C18H17ClN4O5S/c1-3-27-17(26)13-8(2)28-16(14(13)15(20)25)23-12(24)7-29-18-21-10-5-4-9(19)6-11(10)22-18/h4-6H,3,7H2,1-2H3,(H2,20,25)(H,21,22)(H,23,24). The molecule has 0 atom stereocenters. The van der Waals surface area contributed by atoms with Gasteiger partial charge in [-0.15, -0.1) is 0 Å². The summed E-state index contributed by atoms with van der Waals surface area (Å²) in [6, 6.07) is 5.22. The molecule has 0 fully saturated rings. The summed E-state index contributed by atoms with van der Waals surface area (Å²) in [5, 5.41) is 3.56. The van der Waals surface area contributed by atoms with Gasteiger partial charge >= 0.3 is 5.97 Å². The number of hydrogen-bond donors (Lipinski definition) is 3. The molecule has 29 heavy (non-hydrogen) atoms. The quantitative estimate of drug-likeness (QED) is 0.381. The van der Waals surface area contributed by atoms with Crippen LogP contribution in [0.3, 0.4) is 0 Å².